The van der Waals surface area contributed by atoms with E-state index in [2.05, 4.69) is 55.9 Å². The van der Waals surface area contributed by atoms with E-state index in [1.165, 1.54) is 5.56 Å². The molecule has 8 heteroatoms. The van der Waals surface area contributed by atoms with Crippen molar-refractivity contribution in [3.05, 3.63) is 114 Å². The molecule has 0 aliphatic carbocycles. The lowest BCUT2D eigenvalue weighted by atomic mass is 10.0. The predicted octanol–water partition coefficient (Wildman–Crippen LogP) is 8.07. The highest BCUT2D eigenvalue weighted by Crippen LogP contribution is 2.28. The zero-order valence-electron chi connectivity index (χ0n) is 26.9. The number of ether oxygens (including phenoxy) is 3. The van der Waals surface area contributed by atoms with Gasteiger partial charge in [-0.3, -0.25) is 14.6 Å². The summed E-state index contributed by atoms with van der Waals surface area (Å²) in [4.78, 5) is 29.7. The lowest BCUT2D eigenvalue weighted by molar-refractivity contribution is -0.145. The fourth-order valence-corrected chi connectivity index (χ4v) is 5.26. The van der Waals surface area contributed by atoms with Gasteiger partial charge in [-0.15, -0.1) is 0 Å². The number of amides is 1. The zero-order chi connectivity index (χ0) is 32.2. The summed E-state index contributed by atoms with van der Waals surface area (Å²) in [6, 6.07) is 29.5. The quantitative estimate of drug-likeness (QED) is 0.0818. The van der Waals surface area contributed by atoms with Crippen LogP contribution in [0.1, 0.15) is 53.8 Å². The number of rotatable bonds is 15. The molecular formula is C37H44N2O5Si. The Balaban J connectivity index is 1.31. The molecule has 0 spiro atoms. The van der Waals surface area contributed by atoms with E-state index >= 15 is 0 Å². The van der Waals surface area contributed by atoms with Crippen molar-refractivity contribution < 1.29 is 23.8 Å². The van der Waals surface area contributed by atoms with Crippen molar-refractivity contribution in [2.24, 2.45) is 0 Å². The van der Waals surface area contributed by atoms with E-state index in [4.69, 9.17) is 14.2 Å². The maximum absolute atomic E-state index is 12.8. The molecule has 0 bridgehead atoms. The lowest BCUT2D eigenvalue weighted by Gasteiger charge is -2.21. The molecule has 0 saturated carbocycles. The van der Waals surface area contributed by atoms with Gasteiger partial charge in [-0.1, -0.05) is 76.0 Å². The minimum absolute atomic E-state index is 0.104. The number of carbonyl (C=O) groups is 2. The first kappa shape index (κ1) is 33.5. The third-order valence-corrected chi connectivity index (χ3v) is 9.01. The molecule has 4 rings (SSSR count). The molecule has 1 N–H and O–H groups in total. The average Bonchev–Trinajstić information content (AvgIpc) is 3.03. The molecular weight excluding hydrogens is 581 g/mol. The first-order valence-electron chi connectivity index (χ1n) is 15.5. The molecule has 4 aromatic rings. The maximum Gasteiger partial charge on any atom is 0.309 e. The van der Waals surface area contributed by atoms with Gasteiger partial charge in [0.2, 0.25) is 0 Å². The molecule has 1 heterocycles. The highest BCUT2D eigenvalue weighted by Gasteiger charge is 2.21. The summed E-state index contributed by atoms with van der Waals surface area (Å²) in [6.07, 6.45) is 1.34. The van der Waals surface area contributed by atoms with Gasteiger partial charge in [0.15, 0.2) is 0 Å². The van der Waals surface area contributed by atoms with Gasteiger partial charge in [0.1, 0.15) is 24.2 Å². The van der Waals surface area contributed by atoms with Gasteiger partial charge in [-0.2, -0.15) is 0 Å². The van der Waals surface area contributed by atoms with Crippen molar-refractivity contribution in [2.45, 2.75) is 58.0 Å². The SMILES string of the molecule is CC(C)c1ccc(O[C@@H](CC(=O)OCC[Si](C)(C)C)c2ccc(OCCNC(=O)c3ccc(-c4ccccn4)cc3)cc2)cc1. The fourth-order valence-electron chi connectivity index (χ4n) is 4.54. The van der Waals surface area contributed by atoms with Gasteiger partial charge in [0.25, 0.3) is 5.91 Å². The number of hydrogen-bond donors (Lipinski definition) is 1. The number of nitrogens with one attached hydrogen (secondary N) is 1. The summed E-state index contributed by atoms with van der Waals surface area (Å²) in [6.45, 7) is 12.2. The Morgan fingerprint density at radius 2 is 1.47 bits per heavy atom. The van der Waals surface area contributed by atoms with E-state index in [-0.39, 0.29) is 18.3 Å². The predicted molar refractivity (Wildman–Crippen MR) is 182 cm³/mol. The average molecular weight is 625 g/mol. The Kier molecular flexibility index (Phi) is 11.9. The second kappa shape index (κ2) is 16.0. The molecule has 0 unspecified atom stereocenters. The number of aromatic nitrogens is 1. The molecule has 1 atom stereocenters. The molecule has 0 saturated heterocycles. The smallest absolute Gasteiger partial charge is 0.309 e. The Bertz CT molecular complexity index is 1500. The van der Waals surface area contributed by atoms with Gasteiger partial charge in [0, 0.05) is 25.4 Å². The summed E-state index contributed by atoms with van der Waals surface area (Å²) >= 11 is 0. The van der Waals surface area contributed by atoms with Crippen LogP contribution in [0.25, 0.3) is 11.3 Å². The van der Waals surface area contributed by atoms with E-state index in [1.54, 1.807) is 18.3 Å². The molecule has 1 aromatic heterocycles. The van der Waals surface area contributed by atoms with Gasteiger partial charge in [-0.25, -0.2) is 0 Å². The van der Waals surface area contributed by atoms with Crippen LogP contribution in [0.3, 0.4) is 0 Å². The number of esters is 1. The Hall–Kier alpha value is -4.43. The van der Waals surface area contributed by atoms with Crippen molar-refractivity contribution in [3.8, 4) is 22.8 Å². The van der Waals surface area contributed by atoms with E-state index in [1.807, 2.05) is 66.7 Å². The zero-order valence-corrected chi connectivity index (χ0v) is 27.9. The number of hydrogen-bond acceptors (Lipinski definition) is 6. The van der Waals surface area contributed by atoms with Crippen LogP contribution in [0.5, 0.6) is 11.5 Å². The number of carbonyl (C=O) groups excluding carboxylic acids is 2. The number of benzene rings is 3. The highest BCUT2D eigenvalue weighted by atomic mass is 28.3. The Morgan fingerprint density at radius 1 is 0.800 bits per heavy atom. The number of nitrogens with zero attached hydrogens (tertiary/aromatic N) is 1. The second-order valence-corrected chi connectivity index (χ2v) is 18.2. The first-order valence-corrected chi connectivity index (χ1v) is 19.2. The van der Waals surface area contributed by atoms with Crippen molar-refractivity contribution in [1.29, 1.82) is 0 Å². The van der Waals surface area contributed by atoms with Crippen LogP contribution in [-0.2, 0) is 9.53 Å². The summed E-state index contributed by atoms with van der Waals surface area (Å²) < 4.78 is 17.8. The van der Waals surface area contributed by atoms with E-state index in [0.717, 1.165) is 22.9 Å². The molecule has 0 radical (unpaired) electrons. The normalized spacial score (nSPS) is 12.0. The molecule has 0 aliphatic heterocycles. The molecule has 1 amide bonds. The van der Waals surface area contributed by atoms with Crippen molar-refractivity contribution in [2.75, 3.05) is 19.8 Å². The monoisotopic (exact) mass is 624 g/mol. The van der Waals surface area contributed by atoms with Crippen LogP contribution in [0, 0.1) is 0 Å². The Labute approximate surface area is 268 Å². The summed E-state index contributed by atoms with van der Waals surface area (Å²) in [5.41, 5.74) is 4.46. The lowest BCUT2D eigenvalue weighted by Crippen LogP contribution is -2.28. The van der Waals surface area contributed by atoms with Crippen molar-refractivity contribution in [1.82, 2.24) is 10.3 Å². The molecule has 0 aliphatic rings. The van der Waals surface area contributed by atoms with Crippen molar-refractivity contribution >= 4 is 20.0 Å². The summed E-state index contributed by atoms with van der Waals surface area (Å²) in [5, 5.41) is 2.90. The maximum atomic E-state index is 12.8. The molecule has 45 heavy (non-hydrogen) atoms. The van der Waals surface area contributed by atoms with Gasteiger partial charge < -0.3 is 19.5 Å². The standard InChI is InChI=1S/C37H44N2O5Si/c1-27(2)28-13-19-33(20-14-28)44-35(26-36(40)43-24-25-45(3,4)5)30-15-17-32(18-16-30)42-23-22-39-37(41)31-11-9-29(10-12-31)34-8-6-7-21-38-34/h6-21,27,35H,22-26H2,1-5H3,(H,39,41)/t35-/m0/s1. The molecule has 7 nitrogen and oxygen atoms in total. The van der Waals surface area contributed by atoms with E-state index < -0.39 is 14.2 Å². The van der Waals surface area contributed by atoms with Crippen LogP contribution in [0.2, 0.25) is 25.7 Å². The van der Waals surface area contributed by atoms with Gasteiger partial charge in [-0.05, 0) is 71.6 Å². The van der Waals surface area contributed by atoms with Gasteiger partial charge in [0.05, 0.1) is 25.3 Å². The fraction of sp³-hybridized carbons (Fsp3) is 0.324. The first-order chi connectivity index (χ1) is 21.6. The second-order valence-electron chi connectivity index (χ2n) is 12.5. The Morgan fingerprint density at radius 3 is 2.09 bits per heavy atom. The van der Waals surface area contributed by atoms with Gasteiger partial charge >= 0.3 is 5.97 Å². The van der Waals surface area contributed by atoms with Crippen LogP contribution in [0.15, 0.2) is 97.2 Å². The largest absolute Gasteiger partial charge is 0.492 e. The van der Waals surface area contributed by atoms with E-state index in [9.17, 15) is 9.59 Å². The third kappa shape index (κ3) is 10.9. The molecule has 236 valence electrons. The van der Waals surface area contributed by atoms with Crippen LogP contribution >= 0.6 is 0 Å². The molecule has 0 fully saturated rings. The minimum Gasteiger partial charge on any atom is -0.492 e. The van der Waals surface area contributed by atoms with Crippen LogP contribution in [0.4, 0.5) is 0 Å². The minimum atomic E-state index is -1.31. The highest BCUT2D eigenvalue weighted by molar-refractivity contribution is 6.76. The van der Waals surface area contributed by atoms with Crippen LogP contribution in [-0.4, -0.2) is 44.7 Å². The summed E-state index contributed by atoms with van der Waals surface area (Å²) in [5.74, 6) is 1.33. The van der Waals surface area contributed by atoms with Crippen molar-refractivity contribution in [3.63, 3.8) is 0 Å². The number of pyridine rings is 1. The van der Waals surface area contributed by atoms with E-state index in [0.29, 0.717) is 42.7 Å². The molecule has 3 aromatic carbocycles. The van der Waals surface area contributed by atoms with Crippen LogP contribution < -0.4 is 14.8 Å². The topological polar surface area (TPSA) is 86.8 Å². The third-order valence-electron chi connectivity index (χ3n) is 7.31. The summed E-state index contributed by atoms with van der Waals surface area (Å²) in [7, 11) is -1.31.